The Morgan fingerprint density at radius 2 is 1.88 bits per heavy atom. The number of hydrogen-bond acceptors (Lipinski definition) is 3. The van der Waals surface area contributed by atoms with E-state index < -0.39 is 11.7 Å². The first-order valence-corrected chi connectivity index (χ1v) is 8.79. The van der Waals surface area contributed by atoms with Crippen LogP contribution in [-0.4, -0.2) is 43.0 Å². The molecule has 1 fully saturated rings. The molecule has 0 aliphatic carbocycles. The van der Waals surface area contributed by atoms with Crippen LogP contribution in [0.4, 0.5) is 13.2 Å². The van der Waals surface area contributed by atoms with Crippen LogP contribution >= 0.6 is 12.4 Å². The first-order valence-electron chi connectivity index (χ1n) is 8.79. The minimum Gasteiger partial charge on any atom is -0.353 e. The molecule has 148 valence electrons. The second-order valence-electron chi connectivity index (χ2n) is 6.25. The van der Waals surface area contributed by atoms with Gasteiger partial charge in [-0.2, -0.15) is 13.2 Å². The lowest BCUT2D eigenvalue weighted by Crippen LogP contribution is -2.44. The number of hydrogen-bond donors (Lipinski definition) is 2. The van der Waals surface area contributed by atoms with Crippen molar-refractivity contribution in [1.82, 2.24) is 15.5 Å². The fraction of sp³-hybridized carbons (Fsp3) is 0.611. The summed E-state index contributed by atoms with van der Waals surface area (Å²) in [5, 5.41) is 6.10. The number of nitrogens with one attached hydrogen (secondary N) is 2. The normalized spacial score (nSPS) is 18.5. The molecule has 0 spiro atoms. The molecule has 0 aromatic heterocycles. The van der Waals surface area contributed by atoms with Gasteiger partial charge in [0.1, 0.15) is 0 Å². The third-order valence-electron chi connectivity index (χ3n) is 4.72. The topological polar surface area (TPSA) is 44.4 Å². The smallest absolute Gasteiger partial charge is 0.353 e. The first-order chi connectivity index (χ1) is 11.9. The molecule has 1 aliphatic heterocycles. The predicted octanol–water partition coefficient (Wildman–Crippen LogP) is 3.38. The molecule has 0 radical (unpaired) electrons. The van der Waals surface area contributed by atoms with Gasteiger partial charge in [-0.3, -0.25) is 9.69 Å². The van der Waals surface area contributed by atoms with Crippen LogP contribution in [0.5, 0.6) is 0 Å². The van der Waals surface area contributed by atoms with E-state index in [4.69, 9.17) is 0 Å². The monoisotopic (exact) mass is 393 g/mol. The summed E-state index contributed by atoms with van der Waals surface area (Å²) in [6.45, 7) is 6.72. The standard InChI is InChI=1S/C18H26F3N3O.ClH/c1-3-24(4-2)16(12-23-17(25)15-6-5-11-22-15)13-7-9-14(10-8-13)18(19,20)21;/h7-10,15-16,22H,3-6,11-12H2,1-2H3,(H,23,25);1H/t15-,16?;/m0./s1. The van der Waals surface area contributed by atoms with Crippen molar-refractivity contribution in [3.8, 4) is 0 Å². The zero-order valence-electron chi connectivity index (χ0n) is 15.1. The summed E-state index contributed by atoms with van der Waals surface area (Å²) in [6, 6.07) is 4.91. The first kappa shape index (κ1) is 22.7. The molecule has 0 saturated carbocycles. The Morgan fingerprint density at radius 1 is 1.27 bits per heavy atom. The van der Waals surface area contributed by atoms with Gasteiger partial charge in [0.25, 0.3) is 0 Å². The van der Waals surface area contributed by atoms with Gasteiger partial charge in [-0.15, -0.1) is 12.4 Å². The highest BCUT2D eigenvalue weighted by Crippen LogP contribution is 2.30. The number of amides is 1. The number of alkyl halides is 3. The van der Waals surface area contributed by atoms with Gasteiger partial charge < -0.3 is 10.6 Å². The molecule has 26 heavy (non-hydrogen) atoms. The molecule has 1 heterocycles. The Bertz CT molecular complexity index is 556. The maximum Gasteiger partial charge on any atom is 0.416 e. The molecule has 4 nitrogen and oxygen atoms in total. The van der Waals surface area contributed by atoms with E-state index in [1.54, 1.807) is 0 Å². The van der Waals surface area contributed by atoms with Crippen LogP contribution in [0.25, 0.3) is 0 Å². The molecular formula is C18H27ClF3N3O. The highest BCUT2D eigenvalue weighted by molar-refractivity contribution is 5.85. The molecule has 8 heteroatoms. The number of halogens is 4. The van der Waals surface area contributed by atoms with Crippen molar-refractivity contribution in [1.29, 1.82) is 0 Å². The lowest BCUT2D eigenvalue weighted by atomic mass is 10.0. The van der Waals surface area contributed by atoms with Crippen LogP contribution in [0.1, 0.15) is 43.9 Å². The summed E-state index contributed by atoms with van der Waals surface area (Å²) in [7, 11) is 0. The zero-order chi connectivity index (χ0) is 18.4. The summed E-state index contributed by atoms with van der Waals surface area (Å²) in [5.41, 5.74) is 0.116. The molecule has 1 aromatic carbocycles. The summed E-state index contributed by atoms with van der Waals surface area (Å²) in [4.78, 5) is 14.4. The Balaban J connectivity index is 0.00000338. The molecule has 0 bridgehead atoms. The molecule has 2 N–H and O–H groups in total. The average Bonchev–Trinajstić information content (AvgIpc) is 3.12. The van der Waals surface area contributed by atoms with Gasteiger partial charge in [0.05, 0.1) is 17.6 Å². The Labute approximate surface area is 158 Å². The maximum atomic E-state index is 12.8. The molecule has 1 saturated heterocycles. The summed E-state index contributed by atoms with van der Waals surface area (Å²) in [5.74, 6) is -0.0402. The number of nitrogens with zero attached hydrogens (tertiary/aromatic N) is 1. The van der Waals surface area contributed by atoms with Crippen molar-refractivity contribution in [3.05, 3.63) is 35.4 Å². The van der Waals surface area contributed by atoms with E-state index in [9.17, 15) is 18.0 Å². The quantitative estimate of drug-likeness (QED) is 0.746. The van der Waals surface area contributed by atoms with Crippen LogP contribution in [0.3, 0.4) is 0 Å². The molecule has 1 aromatic rings. The van der Waals surface area contributed by atoms with Gasteiger partial charge >= 0.3 is 6.18 Å². The van der Waals surface area contributed by atoms with Crippen LogP contribution in [0.2, 0.25) is 0 Å². The third-order valence-corrected chi connectivity index (χ3v) is 4.72. The highest BCUT2D eigenvalue weighted by atomic mass is 35.5. The SMILES string of the molecule is CCN(CC)C(CNC(=O)[C@@H]1CCCN1)c1ccc(C(F)(F)F)cc1.Cl. The number of benzene rings is 1. The Morgan fingerprint density at radius 3 is 2.35 bits per heavy atom. The van der Waals surface area contributed by atoms with Crippen molar-refractivity contribution in [3.63, 3.8) is 0 Å². The lowest BCUT2D eigenvalue weighted by Gasteiger charge is -2.31. The van der Waals surface area contributed by atoms with Crippen LogP contribution < -0.4 is 10.6 Å². The van der Waals surface area contributed by atoms with Gasteiger partial charge in [-0.05, 0) is 50.2 Å². The van der Waals surface area contributed by atoms with Crippen LogP contribution in [0, 0.1) is 0 Å². The van der Waals surface area contributed by atoms with Gasteiger partial charge in [0.15, 0.2) is 0 Å². The second-order valence-corrected chi connectivity index (χ2v) is 6.25. The molecule has 1 unspecified atom stereocenters. The Hall–Kier alpha value is -1.31. The van der Waals surface area contributed by atoms with Crippen molar-refractivity contribution in [2.45, 2.75) is 44.9 Å². The van der Waals surface area contributed by atoms with Crippen molar-refractivity contribution in [2.75, 3.05) is 26.2 Å². The average molecular weight is 394 g/mol. The Kier molecular flexibility index (Phi) is 8.86. The fourth-order valence-electron chi connectivity index (χ4n) is 3.25. The van der Waals surface area contributed by atoms with E-state index in [1.807, 2.05) is 13.8 Å². The molecular weight excluding hydrogens is 367 g/mol. The van der Waals surface area contributed by atoms with Gasteiger partial charge in [0, 0.05) is 6.54 Å². The highest BCUT2D eigenvalue weighted by Gasteiger charge is 2.31. The van der Waals surface area contributed by atoms with E-state index in [-0.39, 0.29) is 30.4 Å². The maximum absolute atomic E-state index is 12.8. The molecule has 1 amide bonds. The van der Waals surface area contributed by atoms with Gasteiger partial charge in [-0.1, -0.05) is 26.0 Å². The number of carbonyl (C=O) groups is 1. The summed E-state index contributed by atoms with van der Waals surface area (Å²) in [6.07, 6.45) is -2.54. The minimum absolute atomic E-state index is 0. The van der Waals surface area contributed by atoms with Crippen molar-refractivity contribution in [2.24, 2.45) is 0 Å². The summed E-state index contributed by atoms with van der Waals surface area (Å²) < 4.78 is 38.3. The number of likely N-dealkylation sites (N-methyl/N-ethyl adjacent to an activating group) is 1. The van der Waals surface area contributed by atoms with Crippen molar-refractivity contribution >= 4 is 18.3 Å². The third kappa shape index (κ3) is 5.86. The largest absolute Gasteiger partial charge is 0.416 e. The van der Waals surface area contributed by atoms with E-state index in [2.05, 4.69) is 15.5 Å². The second kappa shape index (κ2) is 10.1. The van der Waals surface area contributed by atoms with Crippen molar-refractivity contribution < 1.29 is 18.0 Å². The van der Waals surface area contributed by atoms with Gasteiger partial charge in [-0.25, -0.2) is 0 Å². The lowest BCUT2D eigenvalue weighted by molar-refractivity contribution is -0.137. The van der Waals surface area contributed by atoms with Crippen LogP contribution in [-0.2, 0) is 11.0 Å². The molecule has 1 aliphatic rings. The molecule has 2 rings (SSSR count). The number of rotatable bonds is 7. The fourth-order valence-corrected chi connectivity index (χ4v) is 3.25. The van der Waals surface area contributed by atoms with E-state index >= 15 is 0 Å². The van der Waals surface area contributed by atoms with Crippen LogP contribution in [0.15, 0.2) is 24.3 Å². The predicted molar refractivity (Wildman–Crippen MR) is 98.4 cm³/mol. The van der Waals surface area contributed by atoms with Gasteiger partial charge in [0.2, 0.25) is 5.91 Å². The minimum atomic E-state index is -4.34. The van der Waals surface area contributed by atoms with E-state index in [0.717, 1.165) is 50.2 Å². The summed E-state index contributed by atoms with van der Waals surface area (Å²) >= 11 is 0. The van der Waals surface area contributed by atoms with E-state index in [0.29, 0.717) is 6.54 Å². The van der Waals surface area contributed by atoms with E-state index in [1.165, 1.54) is 12.1 Å². The molecule has 2 atom stereocenters. The zero-order valence-corrected chi connectivity index (χ0v) is 15.9. The number of carbonyl (C=O) groups excluding carboxylic acids is 1.